The Morgan fingerprint density at radius 1 is 0.595 bits per heavy atom. The molecule has 0 atom stereocenters. The van der Waals surface area contributed by atoms with Crippen molar-refractivity contribution < 1.29 is 0 Å². The Kier molecular flexibility index (Phi) is 6.47. The van der Waals surface area contributed by atoms with Gasteiger partial charge in [0.15, 0.2) is 0 Å². The molecule has 0 amide bonds. The van der Waals surface area contributed by atoms with Gasteiger partial charge < -0.3 is 0 Å². The van der Waals surface area contributed by atoms with Gasteiger partial charge in [0.05, 0.1) is 16.7 Å². The minimum absolute atomic E-state index is 0.250. The van der Waals surface area contributed by atoms with Crippen LogP contribution >= 0.6 is 0 Å². The number of rotatable bonds is 5. The number of pyridine rings is 1. The highest BCUT2D eigenvalue weighted by Crippen LogP contribution is 2.47. The van der Waals surface area contributed by atoms with Crippen molar-refractivity contribution >= 4 is 0 Å². The maximum Gasteiger partial charge on any atom is 0.100 e. The molecule has 0 fully saturated rings. The zero-order valence-electron chi connectivity index (χ0n) is 21.5. The van der Waals surface area contributed by atoms with Crippen LogP contribution in [-0.4, -0.2) is 4.98 Å². The molecule has 0 saturated carbocycles. The third kappa shape index (κ3) is 4.34. The maximum atomic E-state index is 10.4. The van der Waals surface area contributed by atoms with Crippen molar-refractivity contribution in [3.05, 3.63) is 161 Å². The molecule has 5 rings (SSSR count). The predicted octanol–water partition coefficient (Wildman–Crippen LogP) is 8.30. The molecule has 1 aromatic heterocycles. The normalized spacial score (nSPS) is 11.6. The van der Waals surface area contributed by atoms with Crippen molar-refractivity contribution in [2.45, 2.75) is 31.6 Å². The lowest BCUT2D eigenvalue weighted by molar-refractivity contribution is 0.585. The van der Waals surface area contributed by atoms with Gasteiger partial charge in [-0.1, -0.05) is 124 Å². The minimum Gasteiger partial charge on any atom is -0.256 e. The van der Waals surface area contributed by atoms with E-state index in [0.717, 1.165) is 22.4 Å². The highest BCUT2D eigenvalue weighted by molar-refractivity contribution is 5.74. The lowest BCUT2D eigenvalue weighted by Crippen LogP contribution is -2.32. The van der Waals surface area contributed by atoms with Crippen molar-refractivity contribution in [2.75, 3.05) is 0 Å². The molecule has 0 unspecified atom stereocenters. The molecule has 0 aliphatic rings. The summed E-state index contributed by atoms with van der Waals surface area (Å²) < 4.78 is 0. The number of nitrogens with zero attached hydrogens (tertiary/aromatic N) is 2. The quantitative estimate of drug-likeness (QED) is 0.238. The molecule has 2 nitrogen and oxygen atoms in total. The summed E-state index contributed by atoms with van der Waals surface area (Å²) in [4.78, 5) is 4.67. The summed E-state index contributed by atoms with van der Waals surface area (Å²) in [5.74, 6) is 0. The van der Waals surface area contributed by atoms with Crippen molar-refractivity contribution in [1.29, 1.82) is 5.26 Å². The van der Waals surface area contributed by atoms with E-state index in [-0.39, 0.29) is 5.41 Å². The van der Waals surface area contributed by atoms with Gasteiger partial charge in [0, 0.05) is 11.8 Å². The Bertz CT molecular complexity index is 1430. The molecule has 0 bridgehead atoms. The van der Waals surface area contributed by atoms with Gasteiger partial charge in [-0.05, 0) is 51.4 Å². The van der Waals surface area contributed by atoms with E-state index in [0.29, 0.717) is 5.56 Å². The molecule has 4 aromatic carbocycles. The van der Waals surface area contributed by atoms with E-state index in [9.17, 15) is 5.26 Å². The van der Waals surface area contributed by atoms with Gasteiger partial charge in [-0.15, -0.1) is 0 Å². The Morgan fingerprint density at radius 3 is 1.49 bits per heavy atom. The average Bonchev–Trinajstić information content (AvgIpc) is 2.95. The van der Waals surface area contributed by atoms with Crippen LogP contribution in [0.2, 0.25) is 0 Å². The smallest absolute Gasteiger partial charge is 0.100 e. The fraction of sp³-hybridized carbons (Fsp3) is 0.143. The molecule has 37 heavy (non-hydrogen) atoms. The molecule has 0 radical (unpaired) electrons. The molecule has 0 aliphatic carbocycles. The van der Waals surface area contributed by atoms with Gasteiger partial charge >= 0.3 is 0 Å². The lowest BCUT2D eigenvalue weighted by Gasteiger charge is -2.38. The first-order valence-corrected chi connectivity index (χ1v) is 12.6. The molecule has 0 aliphatic heterocycles. The van der Waals surface area contributed by atoms with Crippen LogP contribution in [-0.2, 0) is 10.8 Å². The van der Waals surface area contributed by atoms with Gasteiger partial charge in [0.1, 0.15) is 6.07 Å². The summed E-state index contributed by atoms with van der Waals surface area (Å²) in [5.41, 5.74) is 7.13. The van der Waals surface area contributed by atoms with Gasteiger partial charge in [0.25, 0.3) is 0 Å². The Hall–Kier alpha value is -4.48. The summed E-state index contributed by atoms with van der Waals surface area (Å²) in [6.07, 6.45) is 1.79. The van der Waals surface area contributed by atoms with E-state index in [4.69, 9.17) is 0 Å². The molecular weight excluding hydrogens is 448 g/mol. The first kappa shape index (κ1) is 24.2. The Labute approximate surface area is 219 Å². The Balaban J connectivity index is 1.99. The maximum absolute atomic E-state index is 10.4. The monoisotopic (exact) mass is 478 g/mol. The van der Waals surface area contributed by atoms with Crippen molar-refractivity contribution in [2.24, 2.45) is 0 Å². The summed E-state index contributed by atoms with van der Waals surface area (Å²) in [5, 5.41) is 10.4. The van der Waals surface area contributed by atoms with E-state index in [1.165, 1.54) is 16.7 Å². The molecular formula is C35H30N2. The number of aromatic nitrogens is 1. The second-order valence-corrected chi connectivity index (χ2v) is 10.4. The Morgan fingerprint density at radius 2 is 1.08 bits per heavy atom. The fourth-order valence-electron chi connectivity index (χ4n) is 5.36. The van der Waals surface area contributed by atoms with Crippen molar-refractivity contribution in [3.8, 4) is 17.3 Å². The minimum atomic E-state index is -0.596. The molecule has 2 heteroatoms. The van der Waals surface area contributed by atoms with E-state index >= 15 is 0 Å². The van der Waals surface area contributed by atoms with Crippen molar-refractivity contribution in [3.63, 3.8) is 0 Å². The number of benzene rings is 4. The third-order valence-electron chi connectivity index (χ3n) is 7.05. The van der Waals surface area contributed by atoms with E-state index < -0.39 is 5.41 Å². The molecule has 0 N–H and O–H groups in total. The van der Waals surface area contributed by atoms with Gasteiger partial charge in [-0.3, -0.25) is 4.98 Å². The second-order valence-electron chi connectivity index (χ2n) is 10.4. The van der Waals surface area contributed by atoms with Gasteiger partial charge in [-0.2, -0.15) is 5.26 Å². The predicted molar refractivity (Wildman–Crippen MR) is 151 cm³/mol. The average molecular weight is 479 g/mol. The van der Waals surface area contributed by atoms with E-state index in [1.54, 1.807) is 6.20 Å². The summed E-state index contributed by atoms with van der Waals surface area (Å²) >= 11 is 0. The number of nitriles is 1. The van der Waals surface area contributed by atoms with Crippen LogP contribution in [0.25, 0.3) is 11.3 Å². The number of hydrogen-bond donors (Lipinski definition) is 0. The summed E-state index contributed by atoms with van der Waals surface area (Å²) in [6, 6.07) is 44.8. The fourth-order valence-corrected chi connectivity index (χ4v) is 5.36. The van der Waals surface area contributed by atoms with E-state index in [2.05, 4.69) is 135 Å². The summed E-state index contributed by atoms with van der Waals surface area (Å²) in [6.45, 7) is 6.51. The van der Waals surface area contributed by atoms with Crippen LogP contribution in [0.1, 0.15) is 54.2 Å². The topological polar surface area (TPSA) is 36.7 Å². The molecule has 1 heterocycles. The molecule has 180 valence electrons. The van der Waals surface area contributed by atoms with Crippen LogP contribution in [0.15, 0.2) is 128 Å². The van der Waals surface area contributed by atoms with Crippen LogP contribution in [0.4, 0.5) is 0 Å². The molecule has 0 spiro atoms. The van der Waals surface area contributed by atoms with Crippen LogP contribution in [0, 0.1) is 11.3 Å². The van der Waals surface area contributed by atoms with Crippen LogP contribution < -0.4 is 0 Å². The summed E-state index contributed by atoms with van der Waals surface area (Å²) in [7, 11) is 0. The standard InChI is InChI=1S/C35H30N2/c1-34(2,3)32-24-29(23-30(31(32)25-36)33-21-13-14-22-37-33)35(26-15-7-4-8-16-26,27-17-9-5-10-18-27)28-19-11-6-12-20-28/h4-24H,1-3H3. The first-order valence-electron chi connectivity index (χ1n) is 12.6. The van der Waals surface area contributed by atoms with Crippen LogP contribution in [0.3, 0.4) is 0 Å². The lowest BCUT2D eigenvalue weighted by atomic mass is 9.63. The zero-order chi connectivity index (χ0) is 25.9. The molecule has 0 saturated heterocycles. The zero-order valence-corrected chi connectivity index (χ0v) is 21.5. The first-order chi connectivity index (χ1) is 18.0. The highest BCUT2D eigenvalue weighted by atomic mass is 14.7. The largest absolute Gasteiger partial charge is 0.256 e. The second kappa shape index (κ2) is 9.88. The van der Waals surface area contributed by atoms with Crippen molar-refractivity contribution in [1.82, 2.24) is 4.98 Å². The third-order valence-corrected chi connectivity index (χ3v) is 7.05. The van der Waals surface area contributed by atoms with Gasteiger partial charge in [0.2, 0.25) is 0 Å². The van der Waals surface area contributed by atoms with Crippen LogP contribution in [0.5, 0.6) is 0 Å². The highest BCUT2D eigenvalue weighted by Gasteiger charge is 2.40. The van der Waals surface area contributed by atoms with Gasteiger partial charge in [-0.25, -0.2) is 0 Å². The SMILES string of the molecule is CC(C)(C)c1cc(C(c2ccccc2)(c2ccccc2)c2ccccc2)cc(-c2ccccn2)c1C#N. The van der Waals surface area contributed by atoms with E-state index in [1.807, 2.05) is 18.2 Å². The number of hydrogen-bond acceptors (Lipinski definition) is 2. The molecule has 5 aromatic rings.